The SMILES string of the molecule is COc1ccccc1CCNC(=O)CNC(=O)C(C)(C)C. The van der Waals surface area contributed by atoms with Crippen LogP contribution in [0.5, 0.6) is 5.75 Å². The Morgan fingerprint density at radius 1 is 1.14 bits per heavy atom. The maximum absolute atomic E-state index is 11.7. The Morgan fingerprint density at radius 3 is 2.43 bits per heavy atom. The summed E-state index contributed by atoms with van der Waals surface area (Å²) in [4.78, 5) is 23.3. The fraction of sp³-hybridized carbons (Fsp3) is 0.500. The zero-order chi connectivity index (χ0) is 15.9. The second-order valence-corrected chi connectivity index (χ2v) is 5.84. The number of benzene rings is 1. The molecule has 0 bridgehead atoms. The smallest absolute Gasteiger partial charge is 0.239 e. The molecule has 5 nitrogen and oxygen atoms in total. The first-order valence-electron chi connectivity index (χ1n) is 7.01. The highest BCUT2D eigenvalue weighted by Gasteiger charge is 2.21. The van der Waals surface area contributed by atoms with Gasteiger partial charge in [0.2, 0.25) is 11.8 Å². The summed E-state index contributed by atoms with van der Waals surface area (Å²) in [5.41, 5.74) is 0.552. The third kappa shape index (κ3) is 5.85. The van der Waals surface area contributed by atoms with E-state index in [1.807, 2.05) is 45.0 Å². The van der Waals surface area contributed by atoms with Crippen LogP contribution in [0.15, 0.2) is 24.3 Å². The van der Waals surface area contributed by atoms with Crippen LogP contribution in [-0.4, -0.2) is 32.0 Å². The summed E-state index contributed by atoms with van der Waals surface area (Å²) >= 11 is 0. The zero-order valence-electron chi connectivity index (χ0n) is 13.2. The van der Waals surface area contributed by atoms with Crippen molar-refractivity contribution in [3.05, 3.63) is 29.8 Å². The van der Waals surface area contributed by atoms with Gasteiger partial charge in [0, 0.05) is 12.0 Å². The van der Waals surface area contributed by atoms with Gasteiger partial charge in [0.05, 0.1) is 13.7 Å². The quantitative estimate of drug-likeness (QED) is 0.835. The van der Waals surface area contributed by atoms with Crippen LogP contribution in [0.4, 0.5) is 0 Å². The van der Waals surface area contributed by atoms with E-state index < -0.39 is 5.41 Å². The molecular weight excluding hydrogens is 268 g/mol. The van der Waals surface area contributed by atoms with E-state index in [1.54, 1.807) is 7.11 Å². The molecule has 0 atom stereocenters. The van der Waals surface area contributed by atoms with E-state index >= 15 is 0 Å². The van der Waals surface area contributed by atoms with Gasteiger partial charge in [0.1, 0.15) is 5.75 Å². The second-order valence-electron chi connectivity index (χ2n) is 5.84. The summed E-state index contributed by atoms with van der Waals surface area (Å²) in [6.07, 6.45) is 0.684. The molecule has 0 heterocycles. The first kappa shape index (κ1) is 17.0. The maximum atomic E-state index is 11.7. The standard InChI is InChI=1S/C16H24N2O3/c1-16(2,3)15(20)18-11-14(19)17-10-9-12-7-5-6-8-13(12)21-4/h5-8H,9-11H2,1-4H3,(H,17,19)(H,18,20). The van der Waals surface area contributed by atoms with Crippen LogP contribution in [0.2, 0.25) is 0 Å². The molecule has 2 N–H and O–H groups in total. The lowest BCUT2D eigenvalue weighted by Crippen LogP contribution is -2.42. The normalized spacial score (nSPS) is 10.9. The molecule has 0 aliphatic heterocycles. The van der Waals surface area contributed by atoms with Crippen LogP contribution in [0.3, 0.4) is 0 Å². The number of nitrogens with one attached hydrogen (secondary N) is 2. The zero-order valence-corrected chi connectivity index (χ0v) is 13.2. The van der Waals surface area contributed by atoms with E-state index in [0.29, 0.717) is 13.0 Å². The third-order valence-electron chi connectivity index (χ3n) is 3.00. The van der Waals surface area contributed by atoms with Crippen LogP contribution in [0.1, 0.15) is 26.3 Å². The predicted molar refractivity (Wildman–Crippen MR) is 82.2 cm³/mol. The average molecular weight is 292 g/mol. The number of hydrogen-bond acceptors (Lipinski definition) is 3. The Bertz CT molecular complexity index is 493. The topological polar surface area (TPSA) is 67.4 Å². The molecule has 1 rings (SSSR count). The number of carbonyl (C=O) groups is 2. The van der Waals surface area contributed by atoms with Crippen LogP contribution < -0.4 is 15.4 Å². The lowest BCUT2D eigenvalue weighted by molar-refractivity contribution is -0.131. The van der Waals surface area contributed by atoms with Crippen molar-refractivity contribution in [3.63, 3.8) is 0 Å². The average Bonchev–Trinajstić information content (AvgIpc) is 2.44. The van der Waals surface area contributed by atoms with Crippen molar-refractivity contribution in [1.29, 1.82) is 0 Å². The number of amides is 2. The molecule has 0 aromatic heterocycles. The van der Waals surface area contributed by atoms with Crippen molar-refractivity contribution in [2.45, 2.75) is 27.2 Å². The number of ether oxygens (including phenoxy) is 1. The molecule has 0 saturated heterocycles. The summed E-state index contributed by atoms with van der Waals surface area (Å²) in [5.74, 6) is 0.484. The molecule has 0 saturated carbocycles. The molecule has 0 aliphatic rings. The third-order valence-corrected chi connectivity index (χ3v) is 3.00. The van der Waals surface area contributed by atoms with Gasteiger partial charge < -0.3 is 15.4 Å². The van der Waals surface area contributed by atoms with E-state index in [0.717, 1.165) is 11.3 Å². The minimum Gasteiger partial charge on any atom is -0.496 e. The van der Waals surface area contributed by atoms with Crippen molar-refractivity contribution >= 4 is 11.8 Å². The van der Waals surface area contributed by atoms with E-state index in [4.69, 9.17) is 4.74 Å². The minimum absolute atomic E-state index is 0.00201. The van der Waals surface area contributed by atoms with Crippen LogP contribution in [0.25, 0.3) is 0 Å². The molecule has 1 aromatic carbocycles. The first-order chi connectivity index (χ1) is 9.84. The van der Waals surface area contributed by atoms with E-state index in [9.17, 15) is 9.59 Å². The Hall–Kier alpha value is -2.04. The number of carbonyl (C=O) groups excluding carboxylic acids is 2. The molecule has 21 heavy (non-hydrogen) atoms. The van der Waals surface area contributed by atoms with Crippen LogP contribution in [-0.2, 0) is 16.0 Å². The molecule has 0 fully saturated rings. The van der Waals surface area contributed by atoms with Gasteiger partial charge in [-0.25, -0.2) is 0 Å². The minimum atomic E-state index is -0.488. The van der Waals surface area contributed by atoms with Gasteiger partial charge >= 0.3 is 0 Å². The molecule has 1 aromatic rings. The van der Waals surface area contributed by atoms with Gasteiger partial charge in [0.15, 0.2) is 0 Å². The van der Waals surface area contributed by atoms with Crippen molar-refractivity contribution in [2.24, 2.45) is 5.41 Å². The number of hydrogen-bond donors (Lipinski definition) is 2. The van der Waals surface area contributed by atoms with E-state index in [-0.39, 0.29) is 18.4 Å². The molecule has 0 spiro atoms. The van der Waals surface area contributed by atoms with Gasteiger partial charge in [-0.05, 0) is 18.1 Å². The van der Waals surface area contributed by atoms with Crippen molar-refractivity contribution in [2.75, 3.05) is 20.2 Å². The van der Waals surface area contributed by atoms with E-state index in [1.165, 1.54) is 0 Å². The molecule has 0 unspecified atom stereocenters. The lowest BCUT2D eigenvalue weighted by atomic mass is 9.96. The Kier molecular flexibility index (Phi) is 6.21. The Morgan fingerprint density at radius 2 is 1.81 bits per heavy atom. The molecule has 116 valence electrons. The summed E-state index contributed by atoms with van der Waals surface area (Å²) < 4.78 is 5.25. The summed E-state index contributed by atoms with van der Waals surface area (Å²) in [7, 11) is 1.62. The summed E-state index contributed by atoms with van der Waals surface area (Å²) in [5, 5.41) is 5.40. The van der Waals surface area contributed by atoms with Crippen molar-refractivity contribution < 1.29 is 14.3 Å². The number of rotatable bonds is 6. The second kappa shape index (κ2) is 7.67. The summed E-state index contributed by atoms with van der Waals surface area (Å²) in [6.45, 7) is 5.93. The largest absolute Gasteiger partial charge is 0.496 e. The first-order valence-corrected chi connectivity index (χ1v) is 7.01. The van der Waals surface area contributed by atoms with Gasteiger partial charge in [-0.15, -0.1) is 0 Å². The Balaban J connectivity index is 2.32. The fourth-order valence-electron chi connectivity index (χ4n) is 1.73. The fourth-order valence-corrected chi connectivity index (χ4v) is 1.73. The highest BCUT2D eigenvalue weighted by molar-refractivity contribution is 5.87. The monoisotopic (exact) mass is 292 g/mol. The van der Waals surface area contributed by atoms with Gasteiger partial charge in [-0.1, -0.05) is 39.0 Å². The molecule has 0 radical (unpaired) electrons. The molecule has 2 amide bonds. The Labute approximate surface area is 126 Å². The van der Waals surface area contributed by atoms with Crippen LogP contribution in [0, 0.1) is 5.41 Å². The summed E-state index contributed by atoms with van der Waals surface area (Å²) in [6, 6.07) is 7.69. The lowest BCUT2D eigenvalue weighted by Gasteiger charge is -2.17. The van der Waals surface area contributed by atoms with Crippen molar-refractivity contribution in [1.82, 2.24) is 10.6 Å². The highest BCUT2D eigenvalue weighted by atomic mass is 16.5. The van der Waals surface area contributed by atoms with Gasteiger partial charge in [0.25, 0.3) is 0 Å². The maximum Gasteiger partial charge on any atom is 0.239 e. The number of methoxy groups -OCH3 is 1. The molecule has 5 heteroatoms. The highest BCUT2D eigenvalue weighted by Crippen LogP contribution is 2.17. The molecular formula is C16H24N2O3. The predicted octanol–water partition coefficient (Wildman–Crippen LogP) is 1.52. The van der Waals surface area contributed by atoms with Crippen molar-refractivity contribution in [3.8, 4) is 5.75 Å². The van der Waals surface area contributed by atoms with Gasteiger partial charge in [-0.3, -0.25) is 9.59 Å². The van der Waals surface area contributed by atoms with E-state index in [2.05, 4.69) is 10.6 Å². The number of para-hydroxylation sites is 1. The molecule has 0 aliphatic carbocycles. The van der Waals surface area contributed by atoms with Gasteiger partial charge in [-0.2, -0.15) is 0 Å². The van der Waals surface area contributed by atoms with Crippen LogP contribution >= 0.6 is 0 Å².